The largest absolute Gasteiger partial charge is 0.341 e. The first-order valence-electron chi connectivity index (χ1n) is 6.93. The molecule has 1 aromatic rings. The molecule has 4 heteroatoms. The van der Waals surface area contributed by atoms with E-state index in [4.69, 9.17) is 0 Å². The Kier molecular flexibility index (Phi) is 3.60. The lowest BCUT2D eigenvalue weighted by Gasteiger charge is -2.33. The van der Waals surface area contributed by atoms with Gasteiger partial charge in [0.1, 0.15) is 6.04 Å². The Balaban J connectivity index is 1.57. The summed E-state index contributed by atoms with van der Waals surface area (Å²) in [5, 5.41) is 3.19. The first-order chi connectivity index (χ1) is 9.34. The quantitative estimate of drug-likeness (QED) is 0.813. The molecule has 0 spiro atoms. The van der Waals surface area contributed by atoms with E-state index in [0.29, 0.717) is 5.92 Å². The van der Waals surface area contributed by atoms with Crippen LogP contribution in [0.25, 0.3) is 0 Å². The number of carbonyl (C=O) groups is 1. The van der Waals surface area contributed by atoms with Gasteiger partial charge >= 0.3 is 0 Å². The molecule has 1 unspecified atom stereocenters. The molecule has 3 heterocycles. The third kappa shape index (κ3) is 2.68. The first-order valence-corrected chi connectivity index (χ1v) is 6.93. The maximum Gasteiger partial charge on any atom is 0.243 e. The summed E-state index contributed by atoms with van der Waals surface area (Å²) in [5.41, 5.74) is 1.35. The Morgan fingerprint density at radius 1 is 1.26 bits per heavy atom. The highest BCUT2D eigenvalue weighted by molar-refractivity contribution is 5.84. The zero-order valence-corrected chi connectivity index (χ0v) is 11.0. The van der Waals surface area contributed by atoms with Crippen LogP contribution in [0.5, 0.6) is 0 Å². The smallest absolute Gasteiger partial charge is 0.243 e. The van der Waals surface area contributed by atoms with Crippen LogP contribution in [0.2, 0.25) is 0 Å². The molecule has 0 radical (unpaired) electrons. The number of pyridine rings is 1. The number of aromatic nitrogens is 1. The number of hydrogen-bond donors (Lipinski definition) is 1. The molecule has 1 aromatic heterocycles. The van der Waals surface area contributed by atoms with E-state index in [1.54, 1.807) is 0 Å². The number of hydrogen-bond acceptors (Lipinski definition) is 3. The van der Waals surface area contributed by atoms with Gasteiger partial charge in [-0.2, -0.15) is 0 Å². The van der Waals surface area contributed by atoms with Gasteiger partial charge in [-0.05, 0) is 36.5 Å². The van der Waals surface area contributed by atoms with Crippen molar-refractivity contribution < 1.29 is 4.79 Å². The molecule has 1 saturated heterocycles. The topological polar surface area (TPSA) is 45.2 Å². The van der Waals surface area contributed by atoms with E-state index in [-0.39, 0.29) is 11.9 Å². The maximum atomic E-state index is 12.2. The molecule has 0 saturated carbocycles. The lowest BCUT2D eigenvalue weighted by molar-refractivity contribution is -0.133. The summed E-state index contributed by atoms with van der Waals surface area (Å²) in [7, 11) is 0. The van der Waals surface area contributed by atoms with Gasteiger partial charge in [0.15, 0.2) is 0 Å². The van der Waals surface area contributed by atoms with E-state index >= 15 is 0 Å². The van der Waals surface area contributed by atoms with Gasteiger partial charge in [-0.25, -0.2) is 0 Å². The van der Waals surface area contributed by atoms with Crippen molar-refractivity contribution in [1.29, 1.82) is 0 Å². The van der Waals surface area contributed by atoms with E-state index in [1.807, 2.05) is 29.4 Å². The average molecular weight is 257 g/mol. The minimum Gasteiger partial charge on any atom is -0.341 e. The molecule has 1 atom stereocenters. The minimum absolute atomic E-state index is 0.0996. The Hall–Kier alpha value is -1.68. The van der Waals surface area contributed by atoms with Crippen molar-refractivity contribution in [1.82, 2.24) is 15.2 Å². The van der Waals surface area contributed by atoms with Crippen LogP contribution in [-0.4, -0.2) is 41.5 Å². The molecule has 4 nitrogen and oxygen atoms in total. The van der Waals surface area contributed by atoms with Gasteiger partial charge in [-0.3, -0.25) is 15.1 Å². The van der Waals surface area contributed by atoms with Gasteiger partial charge in [-0.15, -0.1) is 0 Å². The molecule has 1 N–H and O–H groups in total. The van der Waals surface area contributed by atoms with Crippen LogP contribution in [0.3, 0.4) is 0 Å². The second-order valence-electron chi connectivity index (χ2n) is 5.19. The Morgan fingerprint density at radius 2 is 2.00 bits per heavy atom. The van der Waals surface area contributed by atoms with Crippen LogP contribution < -0.4 is 5.32 Å². The van der Waals surface area contributed by atoms with Crippen molar-refractivity contribution in [3.05, 3.63) is 42.2 Å². The van der Waals surface area contributed by atoms with E-state index in [2.05, 4.69) is 22.4 Å². The molecular formula is C15H19N3O. The number of carbonyl (C=O) groups excluding carboxylic acids is 1. The number of nitrogens with zero attached hydrogens (tertiary/aromatic N) is 2. The SMILES string of the molecule is O=C(C1C=CCN1)N1CCC(c2ccncc2)CC1. The van der Waals surface area contributed by atoms with Crippen molar-refractivity contribution in [2.24, 2.45) is 0 Å². The minimum atomic E-state index is -0.0996. The second-order valence-corrected chi connectivity index (χ2v) is 5.19. The standard InChI is InChI=1S/C15H19N3O/c19-15(14-2-1-7-17-14)18-10-5-13(6-11-18)12-3-8-16-9-4-12/h1-4,8-9,13-14,17H,5-7,10-11H2. The number of rotatable bonds is 2. The first kappa shape index (κ1) is 12.4. The van der Waals surface area contributed by atoms with Crippen molar-refractivity contribution in [2.75, 3.05) is 19.6 Å². The second kappa shape index (κ2) is 5.53. The summed E-state index contributed by atoms with van der Waals surface area (Å²) >= 11 is 0. The molecule has 0 bridgehead atoms. The fourth-order valence-corrected chi connectivity index (χ4v) is 2.90. The van der Waals surface area contributed by atoms with Gasteiger partial charge in [0.2, 0.25) is 5.91 Å². The van der Waals surface area contributed by atoms with Crippen molar-refractivity contribution in [3.8, 4) is 0 Å². The zero-order valence-electron chi connectivity index (χ0n) is 11.0. The number of likely N-dealkylation sites (tertiary alicyclic amines) is 1. The van der Waals surface area contributed by atoms with Crippen LogP contribution in [0, 0.1) is 0 Å². The fourth-order valence-electron chi connectivity index (χ4n) is 2.90. The van der Waals surface area contributed by atoms with Gasteiger partial charge in [0.05, 0.1) is 0 Å². The van der Waals surface area contributed by atoms with Gasteiger partial charge < -0.3 is 4.90 Å². The van der Waals surface area contributed by atoms with Gasteiger partial charge in [-0.1, -0.05) is 12.2 Å². The van der Waals surface area contributed by atoms with Crippen LogP contribution >= 0.6 is 0 Å². The highest BCUT2D eigenvalue weighted by Gasteiger charge is 2.28. The third-order valence-electron chi connectivity index (χ3n) is 4.03. The summed E-state index contributed by atoms with van der Waals surface area (Å²) in [6.07, 6.45) is 9.78. The number of amides is 1. The molecule has 0 aliphatic carbocycles. The van der Waals surface area contributed by atoms with Gasteiger partial charge in [0.25, 0.3) is 0 Å². The molecule has 2 aliphatic rings. The number of nitrogens with one attached hydrogen (secondary N) is 1. The van der Waals surface area contributed by atoms with Crippen LogP contribution in [0.1, 0.15) is 24.3 Å². The molecule has 0 aromatic carbocycles. The Morgan fingerprint density at radius 3 is 2.63 bits per heavy atom. The molecule has 2 aliphatic heterocycles. The number of piperidine rings is 1. The van der Waals surface area contributed by atoms with E-state index in [0.717, 1.165) is 32.5 Å². The average Bonchev–Trinajstić information content (AvgIpc) is 3.02. The Labute approximate surface area is 113 Å². The summed E-state index contributed by atoms with van der Waals surface area (Å²) in [6, 6.07) is 4.07. The normalized spacial score (nSPS) is 23.8. The van der Waals surface area contributed by atoms with Crippen molar-refractivity contribution >= 4 is 5.91 Å². The summed E-state index contributed by atoms with van der Waals surface area (Å²) in [6.45, 7) is 2.53. The van der Waals surface area contributed by atoms with Gasteiger partial charge in [0, 0.05) is 32.0 Å². The summed E-state index contributed by atoms with van der Waals surface area (Å²) in [5.74, 6) is 0.793. The molecule has 3 rings (SSSR count). The summed E-state index contributed by atoms with van der Waals surface area (Å²) in [4.78, 5) is 18.3. The monoisotopic (exact) mass is 257 g/mol. The van der Waals surface area contributed by atoms with E-state index in [1.165, 1.54) is 5.56 Å². The van der Waals surface area contributed by atoms with Crippen LogP contribution in [0.15, 0.2) is 36.7 Å². The predicted octanol–water partition coefficient (Wildman–Crippen LogP) is 1.32. The highest BCUT2D eigenvalue weighted by Crippen LogP contribution is 2.27. The maximum absolute atomic E-state index is 12.2. The molecule has 1 fully saturated rings. The molecular weight excluding hydrogens is 238 g/mol. The van der Waals surface area contributed by atoms with Crippen LogP contribution in [0.4, 0.5) is 0 Å². The molecule has 100 valence electrons. The predicted molar refractivity (Wildman–Crippen MR) is 73.7 cm³/mol. The molecule has 1 amide bonds. The van der Waals surface area contributed by atoms with Crippen molar-refractivity contribution in [3.63, 3.8) is 0 Å². The molecule has 19 heavy (non-hydrogen) atoms. The highest BCUT2D eigenvalue weighted by atomic mass is 16.2. The van der Waals surface area contributed by atoms with Crippen LogP contribution in [-0.2, 0) is 4.79 Å². The lowest BCUT2D eigenvalue weighted by atomic mass is 9.90. The van der Waals surface area contributed by atoms with E-state index < -0.39 is 0 Å². The zero-order chi connectivity index (χ0) is 13.1. The fraction of sp³-hybridized carbons (Fsp3) is 0.467. The van der Waals surface area contributed by atoms with E-state index in [9.17, 15) is 4.79 Å². The third-order valence-corrected chi connectivity index (χ3v) is 4.03. The lowest BCUT2D eigenvalue weighted by Crippen LogP contribution is -2.46. The Bertz CT molecular complexity index is 464. The summed E-state index contributed by atoms with van der Waals surface area (Å²) < 4.78 is 0. The van der Waals surface area contributed by atoms with Crippen molar-refractivity contribution in [2.45, 2.75) is 24.8 Å².